The molecule has 0 spiro atoms. The summed E-state index contributed by atoms with van der Waals surface area (Å²) in [4.78, 5) is 1.16. The van der Waals surface area contributed by atoms with Crippen molar-refractivity contribution in [2.24, 2.45) is 5.73 Å². The van der Waals surface area contributed by atoms with Crippen LogP contribution in [0.4, 0.5) is 4.39 Å². The molecule has 19 heavy (non-hydrogen) atoms. The van der Waals surface area contributed by atoms with E-state index >= 15 is 0 Å². The molecule has 0 fully saturated rings. The van der Waals surface area contributed by atoms with Crippen molar-refractivity contribution in [2.45, 2.75) is 24.8 Å². The van der Waals surface area contributed by atoms with E-state index in [0.29, 0.717) is 11.3 Å². The maximum Gasteiger partial charge on any atom is 0.128 e. The van der Waals surface area contributed by atoms with Crippen LogP contribution in [0.1, 0.15) is 22.7 Å². The second kappa shape index (κ2) is 6.22. The maximum absolute atomic E-state index is 14.0. The van der Waals surface area contributed by atoms with Crippen molar-refractivity contribution >= 4 is 11.8 Å². The average Bonchev–Trinajstić information content (AvgIpc) is 2.36. The fraction of sp³-hybridized carbons (Fsp3) is 0.250. The SMILES string of the molecule is Cc1cc(C)c(C(N)CSc2ccccc2)c(F)c1. The van der Waals surface area contributed by atoms with Gasteiger partial charge in [-0.05, 0) is 43.2 Å². The molecular weight excluding hydrogens is 257 g/mol. The number of halogens is 1. The van der Waals surface area contributed by atoms with Gasteiger partial charge >= 0.3 is 0 Å². The van der Waals surface area contributed by atoms with Gasteiger partial charge in [0.25, 0.3) is 0 Å². The summed E-state index contributed by atoms with van der Waals surface area (Å²) in [5.41, 5.74) is 8.63. The van der Waals surface area contributed by atoms with Crippen molar-refractivity contribution in [3.63, 3.8) is 0 Å². The number of thioether (sulfide) groups is 1. The van der Waals surface area contributed by atoms with Crippen LogP contribution in [-0.2, 0) is 0 Å². The van der Waals surface area contributed by atoms with Crippen LogP contribution in [0, 0.1) is 19.7 Å². The summed E-state index contributed by atoms with van der Waals surface area (Å²) in [7, 11) is 0. The number of nitrogens with two attached hydrogens (primary N) is 1. The van der Waals surface area contributed by atoms with Gasteiger partial charge in [-0.15, -0.1) is 11.8 Å². The summed E-state index contributed by atoms with van der Waals surface area (Å²) >= 11 is 1.65. The predicted molar refractivity (Wildman–Crippen MR) is 80.0 cm³/mol. The fourth-order valence-electron chi connectivity index (χ4n) is 2.18. The quantitative estimate of drug-likeness (QED) is 0.845. The van der Waals surface area contributed by atoms with Gasteiger partial charge in [0.1, 0.15) is 5.82 Å². The smallest absolute Gasteiger partial charge is 0.128 e. The standard InChI is InChI=1S/C16H18FNS/c1-11-8-12(2)16(14(17)9-11)15(18)10-19-13-6-4-3-5-7-13/h3-9,15H,10,18H2,1-2H3. The first kappa shape index (κ1) is 14.1. The van der Waals surface area contributed by atoms with E-state index in [1.165, 1.54) is 0 Å². The van der Waals surface area contributed by atoms with Gasteiger partial charge in [0.05, 0.1) is 0 Å². The molecule has 0 aromatic heterocycles. The molecule has 0 amide bonds. The highest BCUT2D eigenvalue weighted by molar-refractivity contribution is 7.99. The first-order valence-corrected chi connectivity index (χ1v) is 7.26. The van der Waals surface area contributed by atoms with Gasteiger partial charge in [-0.1, -0.05) is 24.3 Å². The Kier molecular flexibility index (Phi) is 4.61. The van der Waals surface area contributed by atoms with Crippen molar-refractivity contribution < 1.29 is 4.39 Å². The molecule has 0 bridgehead atoms. The van der Waals surface area contributed by atoms with Crippen molar-refractivity contribution in [1.82, 2.24) is 0 Å². The zero-order chi connectivity index (χ0) is 13.8. The molecule has 0 saturated heterocycles. The van der Waals surface area contributed by atoms with Gasteiger partial charge in [0.15, 0.2) is 0 Å². The lowest BCUT2D eigenvalue weighted by Crippen LogP contribution is -2.16. The highest BCUT2D eigenvalue weighted by Crippen LogP contribution is 2.27. The van der Waals surface area contributed by atoms with E-state index in [-0.39, 0.29) is 11.9 Å². The van der Waals surface area contributed by atoms with Crippen LogP contribution in [0.25, 0.3) is 0 Å². The van der Waals surface area contributed by atoms with E-state index in [9.17, 15) is 4.39 Å². The van der Waals surface area contributed by atoms with Gasteiger partial charge in [0.2, 0.25) is 0 Å². The Morgan fingerprint density at radius 1 is 1.16 bits per heavy atom. The molecule has 100 valence electrons. The van der Waals surface area contributed by atoms with Crippen molar-refractivity contribution in [2.75, 3.05) is 5.75 Å². The molecule has 3 heteroatoms. The predicted octanol–water partition coefficient (Wildman–Crippen LogP) is 4.23. The average molecular weight is 275 g/mol. The number of hydrogen-bond acceptors (Lipinski definition) is 2. The molecule has 2 aromatic rings. The molecule has 0 saturated carbocycles. The van der Waals surface area contributed by atoms with E-state index in [2.05, 4.69) is 0 Å². The van der Waals surface area contributed by atoms with E-state index in [1.807, 2.05) is 50.2 Å². The first-order valence-electron chi connectivity index (χ1n) is 6.28. The third-order valence-corrected chi connectivity index (χ3v) is 4.16. The molecule has 1 unspecified atom stereocenters. The Morgan fingerprint density at radius 2 is 1.84 bits per heavy atom. The Morgan fingerprint density at radius 3 is 2.47 bits per heavy atom. The zero-order valence-corrected chi connectivity index (χ0v) is 12.0. The van der Waals surface area contributed by atoms with E-state index in [4.69, 9.17) is 5.73 Å². The lowest BCUT2D eigenvalue weighted by Gasteiger charge is -2.16. The van der Waals surface area contributed by atoms with Crippen LogP contribution in [0.15, 0.2) is 47.4 Å². The third-order valence-electron chi connectivity index (χ3n) is 3.02. The molecule has 0 heterocycles. The lowest BCUT2D eigenvalue weighted by atomic mass is 10.00. The summed E-state index contributed by atoms with van der Waals surface area (Å²) in [5, 5.41) is 0. The molecular formula is C16H18FNS. The molecule has 1 atom stereocenters. The number of rotatable bonds is 4. The minimum Gasteiger partial charge on any atom is -0.323 e. The second-order valence-corrected chi connectivity index (χ2v) is 5.80. The minimum atomic E-state index is -0.286. The van der Waals surface area contributed by atoms with Crippen LogP contribution in [0.3, 0.4) is 0 Å². The van der Waals surface area contributed by atoms with E-state index in [1.54, 1.807) is 17.8 Å². The second-order valence-electron chi connectivity index (χ2n) is 4.71. The summed E-state index contributed by atoms with van der Waals surface area (Å²) in [6, 6.07) is 13.3. The minimum absolute atomic E-state index is 0.196. The number of benzene rings is 2. The Hall–Kier alpha value is -1.32. The van der Waals surface area contributed by atoms with Crippen molar-refractivity contribution in [3.05, 3.63) is 65.0 Å². The Balaban J connectivity index is 2.10. The van der Waals surface area contributed by atoms with Gasteiger partial charge in [-0.25, -0.2) is 4.39 Å². The normalized spacial score (nSPS) is 12.4. The Labute approximate surface area is 118 Å². The molecule has 0 aliphatic heterocycles. The van der Waals surface area contributed by atoms with Crippen LogP contribution in [0.2, 0.25) is 0 Å². The summed E-state index contributed by atoms with van der Waals surface area (Å²) in [6.07, 6.45) is 0. The van der Waals surface area contributed by atoms with Crippen molar-refractivity contribution in [1.29, 1.82) is 0 Å². The van der Waals surface area contributed by atoms with Gasteiger partial charge in [-0.3, -0.25) is 0 Å². The Bertz CT molecular complexity index is 531. The van der Waals surface area contributed by atoms with E-state index in [0.717, 1.165) is 16.0 Å². The van der Waals surface area contributed by atoms with E-state index < -0.39 is 0 Å². The lowest BCUT2D eigenvalue weighted by molar-refractivity contribution is 0.591. The monoisotopic (exact) mass is 275 g/mol. The molecule has 2 rings (SSSR count). The maximum atomic E-state index is 14.0. The highest BCUT2D eigenvalue weighted by Gasteiger charge is 2.15. The van der Waals surface area contributed by atoms with Gasteiger partial charge in [0, 0.05) is 22.3 Å². The first-order chi connectivity index (χ1) is 9.08. The summed E-state index contributed by atoms with van der Waals surface area (Å²) in [5.74, 6) is 0.476. The molecule has 2 aromatic carbocycles. The zero-order valence-electron chi connectivity index (χ0n) is 11.2. The molecule has 0 aliphatic carbocycles. The van der Waals surface area contributed by atoms with Gasteiger partial charge < -0.3 is 5.73 Å². The van der Waals surface area contributed by atoms with Crippen LogP contribution < -0.4 is 5.73 Å². The van der Waals surface area contributed by atoms with Gasteiger partial charge in [-0.2, -0.15) is 0 Å². The molecule has 2 N–H and O–H groups in total. The summed E-state index contributed by atoms with van der Waals surface area (Å²) in [6.45, 7) is 3.81. The third kappa shape index (κ3) is 3.58. The largest absolute Gasteiger partial charge is 0.323 e. The van der Waals surface area contributed by atoms with Crippen LogP contribution >= 0.6 is 11.8 Å². The molecule has 0 radical (unpaired) electrons. The summed E-state index contributed by atoms with van der Waals surface area (Å²) < 4.78 is 14.0. The number of aryl methyl sites for hydroxylation is 2. The number of hydrogen-bond donors (Lipinski definition) is 1. The topological polar surface area (TPSA) is 26.0 Å². The fourth-order valence-corrected chi connectivity index (χ4v) is 3.07. The van der Waals surface area contributed by atoms with Crippen LogP contribution in [-0.4, -0.2) is 5.75 Å². The molecule has 1 nitrogen and oxygen atoms in total. The van der Waals surface area contributed by atoms with Crippen molar-refractivity contribution in [3.8, 4) is 0 Å². The molecule has 0 aliphatic rings. The highest BCUT2D eigenvalue weighted by atomic mass is 32.2. The van der Waals surface area contributed by atoms with Crippen LogP contribution in [0.5, 0.6) is 0 Å².